The first-order valence-corrected chi connectivity index (χ1v) is 3.92. The maximum Gasteiger partial charge on any atom is 0.277 e. The number of hydrogen-bond donors (Lipinski definition) is 1. The lowest BCUT2D eigenvalue weighted by atomic mass is 10.1. The predicted molar refractivity (Wildman–Crippen MR) is 46.1 cm³/mol. The predicted octanol–water partition coefficient (Wildman–Crippen LogP) is 0.810. The molecule has 2 N–H and O–H groups in total. The van der Waals surface area contributed by atoms with E-state index in [2.05, 4.69) is 0 Å². The summed E-state index contributed by atoms with van der Waals surface area (Å²) >= 11 is 5.74. The number of benzene rings is 1. The van der Waals surface area contributed by atoms with Crippen LogP contribution in [0.25, 0.3) is 0 Å². The van der Waals surface area contributed by atoms with Crippen LogP contribution in [-0.2, 0) is 0 Å². The van der Waals surface area contributed by atoms with Crippen LogP contribution in [-0.4, -0.2) is 16.8 Å². The molecule has 0 fully saturated rings. The van der Waals surface area contributed by atoms with Gasteiger partial charge in [-0.3, -0.25) is 9.59 Å². The van der Waals surface area contributed by atoms with Crippen LogP contribution in [0.3, 0.4) is 0 Å². The van der Waals surface area contributed by atoms with Crippen LogP contribution >= 0.6 is 11.6 Å². The van der Waals surface area contributed by atoms with Crippen LogP contribution in [0, 0.1) is 0 Å². The minimum atomic E-state index is -0.550. The Kier molecular flexibility index (Phi) is 1.61. The number of imide groups is 1. The lowest BCUT2D eigenvalue weighted by Crippen LogP contribution is -2.36. The summed E-state index contributed by atoms with van der Waals surface area (Å²) in [4.78, 5) is 22.6. The van der Waals surface area contributed by atoms with Crippen molar-refractivity contribution in [2.45, 2.75) is 0 Å². The third-order valence-electron chi connectivity index (χ3n) is 1.90. The van der Waals surface area contributed by atoms with Gasteiger partial charge in [0.15, 0.2) is 0 Å². The Bertz CT molecular complexity index is 417. The second-order valence-electron chi connectivity index (χ2n) is 2.64. The number of fused-ring (bicyclic) bond motifs is 1. The monoisotopic (exact) mass is 196 g/mol. The van der Waals surface area contributed by atoms with E-state index in [9.17, 15) is 9.59 Å². The molecule has 0 atom stereocenters. The molecule has 0 aliphatic carbocycles. The summed E-state index contributed by atoms with van der Waals surface area (Å²) in [6.07, 6.45) is 0. The number of amides is 2. The molecule has 13 heavy (non-hydrogen) atoms. The molecule has 1 aliphatic heterocycles. The number of rotatable bonds is 0. The van der Waals surface area contributed by atoms with Gasteiger partial charge in [0.2, 0.25) is 0 Å². The Hall–Kier alpha value is -1.39. The third kappa shape index (κ3) is 0.961. The highest BCUT2D eigenvalue weighted by Gasteiger charge is 2.35. The molecule has 1 heterocycles. The Morgan fingerprint density at radius 2 is 1.92 bits per heavy atom. The number of nitrogens with two attached hydrogens (primary N) is 1. The molecule has 5 heteroatoms. The average Bonchev–Trinajstić information content (AvgIpc) is 2.33. The minimum absolute atomic E-state index is 0.191. The number of carbonyl (C=O) groups is 2. The topological polar surface area (TPSA) is 63.4 Å². The van der Waals surface area contributed by atoms with Gasteiger partial charge in [-0.25, -0.2) is 10.9 Å². The molecule has 1 aliphatic rings. The number of hydrazine groups is 1. The Morgan fingerprint density at radius 1 is 1.23 bits per heavy atom. The van der Waals surface area contributed by atoms with Crippen LogP contribution in [0.1, 0.15) is 20.7 Å². The molecule has 0 saturated heterocycles. The van der Waals surface area contributed by atoms with Crippen molar-refractivity contribution in [1.82, 2.24) is 5.01 Å². The molecule has 1 aromatic carbocycles. The van der Waals surface area contributed by atoms with Gasteiger partial charge >= 0.3 is 0 Å². The molecule has 2 rings (SSSR count). The van der Waals surface area contributed by atoms with Gasteiger partial charge in [-0.1, -0.05) is 17.7 Å². The summed E-state index contributed by atoms with van der Waals surface area (Å²) in [5.41, 5.74) is 0.455. The normalized spacial score (nSPS) is 15.1. The molecule has 1 aromatic rings. The first kappa shape index (κ1) is 8.22. The van der Waals surface area contributed by atoms with E-state index in [0.29, 0.717) is 5.01 Å². The first-order valence-electron chi connectivity index (χ1n) is 3.55. The van der Waals surface area contributed by atoms with Crippen molar-refractivity contribution in [1.29, 1.82) is 0 Å². The van der Waals surface area contributed by atoms with E-state index in [1.807, 2.05) is 0 Å². The number of carbonyl (C=O) groups excluding carboxylic acids is 2. The lowest BCUT2D eigenvalue weighted by molar-refractivity contribution is 0.0654. The van der Waals surface area contributed by atoms with Crippen molar-refractivity contribution in [2.24, 2.45) is 5.84 Å². The molecule has 2 amide bonds. The van der Waals surface area contributed by atoms with Crippen molar-refractivity contribution in [2.75, 3.05) is 0 Å². The highest BCUT2D eigenvalue weighted by Crippen LogP contribution is 2.26. The van der Waals surface area contributed by atoms with Crippen molar-refractivity contribution in [3.05, 3.63) is 34.3 Å². The summed E-state index contributed by atoms with van der Waals surface area (Å²) in [6.45, 7) is 0. The maximum absolute atomic E-state index is 11.3. The van der Waals surface area contributed by atoms with Crippen molar-refractivity contribution >= 4 is 23.4 Å². The fourth-order valence-corrected chi connectivity index (χ4v) is 1.52. The smallest absolute Gasteiger partial charge is 0.267 e. The van der Waals surface area contributed by atoms with Gasteiger partial charge in [-0.15, -0.1) is 0 Å². The van der Waals surface area contributed by atoms with E-state index in [-0.39, 0.29) is 16.1 Å². The summed E-state index contributed by atoms with van der Waals surface area (Å²) in [5, 5.41) is 0.820. The van der Waals surface area contributed by atoms with Crippen LogP contribution in [0.15, 0.2) is 18.2 Å². The third-order valence-corrected chi connectivity index (χ3v) is 2.21. The second-order valence-corrected chi connectivity index (χ2v) is 3.05. The highest BCUT2D eigenvalue weighted by atomic mass is 35.5. The van der Waals surface area contributed by atoms with Crippen LogP contribution < -0.4 is 5.84 Å². The zero-order chi connectivity index (χ0) is 9.59. The van der Waals surface area contributed by atoms with Crippen LogP contribution in [0.4, 0.5) is 0 Å². The van der Waals surface area contributed by atoms with Crippen molar-refractivity contribution in [3.63, 3.8) is 0 Å². The fraction of sp³-hybridized carbons (Fsp3) is 0. The van der Waals surface area contributed by atoms with E-state index in [1.54, 1.807) is 12.1 Å². The quantitative estimate of drug-likeness (QED) is 0.379. The molecular weight excluding hydrogens is 192 g/mol. The van der Waals surface area contributed by atoms with Gasteiger partial charge in [0.05, 0.1) is 16.1 Å². The molecule has 0 saturated carbocycles. The Balaban J connectivity index is 2.74. The molecule has 4 nitrogen and oxygen atoms in total. The molecule has 0 radical (unpaired) electrons. The van der Waals surface area contributed by atoms with Gasteiger partial charge in [-0.2, -0.15) is 0 Å². The van der Waals surface area contributed by atoms with E-state index in [4.69, 9.17) is 17.4 Å². The Labute approximate surface area is 78.9 Å². The molecule has 0 spiro atoms. The van der Waals surface area contributed by atoms with Crippen LogP contribution in [0.5, 0.6) is 0 Å². The fourth-order valence-electron chi connectivity index (χ4n) is 1.26. The zero-order valence-electron chi connectivity index (χ0n) is 6.45. The molecule has 0 bridgehead atoms. The number of hydrogen-bond acceptors (Lipinski definition) is 3. The molecular formula is C8H5ClN2O2. The highest BCUT2D eigenvalue weighted by molar-refractivity contribution is 6.37. The van der Waals surface area contributed by atoms with Gasteiger partial charge in [0.25, 0.3) is 11.8 Å². The lowest BCUT2D eigenvalue weighted by Gasteiger charge is -2.02. The first-order chi connectivity index (χ1) is 6.13. The van der Waals surface area contributed by atoms with E-state index in [1.165, 1.54) is 6.07 Å². The number of nitrogens with zero attached hydrogens (tertiary/aromatic N) is 1. The second kappa shape index (κ2) is 2.55. The standard InChI is InChI=1S/C8H5ClN2O2/c9-5-3-1-2-4-6(5)8(13)11(10)7(4)12/h1-3H,10H2. The summed E-state index contributed by atoms with van der Waals surface area (Å²) < 4.78 is 0. The maximum atomic E-state index is 11.3. The van der Waals surface area contributed by atoms with Gasteiger partial charge in [0.1, 0.15) is 0 Å². The zero-order valence-corrected chi connectivity index (χ0v) is 7.21. The van der Waals surface area contributed by atoms with Gasteiger partial charge in [-0.05, 0) is 12.1 Å². The molecule has 0 aromatic heterocycles. The number of halogens is 1. The summed E-state index contributed by atoms with van der Waals surface area (Å²) in [6, 6.07) is 4.67. The van der Waals surface area contributed by atoms with Crippen molar-refractivity contribution < 1.29 is 9.59 Å². The molecule has 0 unspecified atom stereocenters. The minimum Gasteiger partial charge on any atom is -0.267 e. The van der Waals surface area contributed by atoms with E-state index >= 15 is 0 Å². The summed E-state index contributed by atoms with van der Waals surface area (Å²) in [7, 11) is 0. The van der Waals surface area contributed by atoms with Gasteiger partial charge in [0, 0.05) is 0 Å². The SMILES string of the molecule is NN1C(=O)c2cccc(Cl)c2C1=O. The van der Waals surface area contributed by atoms with Gasteiger partial charge < -0.3 is 0 Å². The van der Waals surface area contributed by atoms with Crippen LogP contribution in [0.2, 0.25) is 5.02 Å². The van der Waals surface area contributed by atoms with E-state index < -0.39 is 11.8 Å². The Morgan fingerprint density at radius 3 is 2.54 bits per heavy atom. The summed E-state index contributed by atoms with van der Waals surface area (Å²) in [5.74, 6) is 4.15. The molecule has 66 valence electrons. The van der Waals surface area contributed by atoms with Crippen molar-refractivity contribution in [3.8, 4) is 0 Å². The average molecular weight is 197 g/mol. The largest absolute Gasteiger partial charge is 0.277 e. The van der Waals surface area contributed by atoms with E-state index in [0.717, 1.165) is 0 Å².